The molecular formula is C27H35F2N7O4S. The number of ether oxygens (including phenoxy) is 1. The lowest BCUT2D eigenvalue weighted by Crippen LogP contribution is -2.60. The van der Waals surface area contributed by atoms with Crippen molar-refractivity contribution in [3.63, 3.8) is 0 Å². The Kier molecular flexibility index (Phi) is 7.76. The Morgan fingerprint density at radius 2 is 1.93 bits per heavy atom. The summed E-state index contributed by atoms with van der Waals surface area (Å²) in [5.74, 6) is -2.08. The van der Waals surface area contributed by atoms with Gasteiger partial charge in [-0.25, -0.2) is 27.2 Å². The second-order valence-electron chi connectivity index (χ2n) is 11.3. The molecule has 5 heterocycles. The zero-order valence-corrected chi connectivity index (χ0v) is 24.4. The molecular weight excluding hydrogens is 556 g/mol. The largest absolute Gasteiger partial charge is 0.388 e. The standard InChI is InChI=1S/C27H35F2N7O4S/c1-15(2)24-18-8-23(31-9-19(18)20(10-32-24)36-11-17(16(36)3)13-41(5,38)39)33-22-6-7-30-26(34-22)35-12-21(37)25(40-4)27(28,29)14-35/h6-10,15-17,21,25,37H,11-14H2,1-5H3,(H,30,31,33,34)/t16-,17-,21-,25-/m1/s1. The summed E-state index contributed by atoms with van der Waals surface area (Å²) < 4.78 is 57.5. The topological polar surface area (TPSA) is 134 Å². The first kappa shape index (κ1) is 29.3. The van der Waals surface area contributed by atoms with Gasteiger partial charge in [0.15, 0.2) is 0 Å². The molecule has 222 valence electrons. The van der Waals surface area contributed by atoms with Crippen LogP contribution in [0.5, 0.6) is 0 Å². The molecule has 2 N–H and O–H groups in total. The molecule has 2 aliphatic heterocycles. The number of piperidine rings is 1. The van der Waals surface area contributed by atoms with E-state index in [4.69, 9.17) is 9.72 Å². The van der Waals surface area contributed by atoms with Crippen LogP contribution in [0.15, 0.2) is 30.7 Å². The second kappa shape index (κ2) is 10.9. The average Bonchev–Trinajstić information content (AvgIpc) is 2.89. The number of halogens is 2. The summed E-state index contributed by atoms with van der Waals surface area (Å²) >= 11 is 0. The number of aliphatic hydroxyl groups excluding tert-OH is 1. The lowest BCUT2D eigenvalue weighted by atomic mass is 9.90. The molecule has 14 heteroatoms. The molecule has 0 amide bonds. The Balaban J connectivity index is 1.41. The highest BCUT2D eigenvalue weighted by Crippen LogP contribution is 2.39. The zero-order valence-electron chi connectivity index (χ0n) is 23.6. The molecule has 0 bridgehead atoms. The molecule has 5 rings (SSSR count). The first-order valence-electron chi connectivity index (χ1n) is 13.4. The molecule has 2 aliphatic rings. The normalized spacial score (nSPS) is 24.5. The minimum atomic E-state index is -3.28. The van der Waals surface area contributed by atoms with Crippen molar-refractivity contribution in [1.82, 2.24) is 19.9 Å². The lowest BCUT2D eigenvalue weighted by Gasteiger charge is -2.48. The maximum atomic E-state index is 14.5. The lowest BCUT2D eigenvalue weighted by molar-refractivity contribution is -0.171. The number of sulfone groups is 1. The van der Waals surface area contributed by atoms with E-state index in [1.54, 1.807) is 12.3 Å². The second-order valence-corrected chi connectivity index (χ2v) is 13.5. The first-order valence-corrected chi connectivity index (χ1v) is 15.5. The fourth-order valence-electron chi connectivity index (χ4n) is 5.68. The number of alkyl halides is 2. The molecule has 4 atom stereocenters. The number of aromatic nitrogens is 4. The molecule has 3 aromatic rings. The van der Waals surface area contributed by atoms with Crippen molar-refractivity contribution in [2.75, 3.05) is 53.9 Å². The summed E-state index contributed by atoms with van der Waals surface area (Å²) in [5.41, 5.74) is 1.78. The molecule has 41 heavy (non-hydrogen) atoms. The summed E-state index contributed by atoms with van der Waals surface area (Å²) in [6.07, 6.45) is 3.30. The van der Waals surface area contributed by atoms with Gasteiger partial charge < -0.3 is 25.0 Å². The monoisotopic (exact) mass is 591 g/mol. The van der Waals surface area contributed by atoms with Gasteiger partial charge in [0.2, 0.25) is 5.95 Å². The number of methoxy groups -OCH3 is 1. The molecule has 0 spiro atoms. The van der Waals surface area contributed by atoms with Crippen molar-refractivity contribution in [3.8, 4) is 0 Å². The number of pyridine rings is 2. The van der Waals surface area contributed by atoms with Crippen molar-refractivity contribution in [1.29, 1.82) is 0 Å². The number of nitrogens with one attached hydrogen (secondary N) is 1. The highest BCUT2D eigenvalue weighted by atomic mass is 32.2. The van der Waals surface area contributed by atoms with E-state index in [2.05, 4.69) is 39.0 Å². The molecule has 0 saturated carbocycles. The van der Waals surface area contributed by atoms with E-state index in [-0.39, 0.29) is 36.1 Å². The van der Waals surface area contributed by atoms with E-state index < -0.39 is 34.5 Å². The smallest absolute Gasteiger partial charge is 0.293 e. The van der Waals surface area contributed by atoms with Gasteiger partial charge in [0.05, 0.1) is 29.9 Å². The number of fused-ring (bicyclic) bond motifs is 1. The molecule has 0 unspecified atom stereocenters. The van der Waals surface area contributed by atoms with E-state index in [1.165, 1.54) is 17.4 Å². The highest BCUT2D eigenvalue weighted by Gasteiger charge is 2.50. The maximum absolute atomic E-state index is 14.5. The van der Waals surface area contributed by atoms with E-state index in [0.717, 1.165) is 29.3 Å². The van der Waals surface area contributed by atoms with E-state index >= 15 is 0 Å². The third kappa shape index (κ3) is 5.90. The van der Waals surface area contributed by atoms with Gasteiger partial charge in [0.25, 0.3) is 5.92 Å². The zero-order chi connectivity index (χ0) is 29.7. The van der Waals surface area contributed by atoms with Crippen molar-refractivity contribution < 1.29 is 27.0 Å². The van der Waals surface area contributed by atoms with Gasteiger partial charge in [-0.2, -0.15) is 4.98 Å². The van der Waals surface area contributed by atoms with Gasteiger partial charge in [0, 0.05) is 61.6 Å². The third-order valence-corrected chi connectivity index (χ3v) is 8.80. The number of hydrogen-bond donors (Lipinski definition) is 2. The van der Waals surface area contributed by atoms with Crippen LogP contribution >= 0.6 is 0 Å². The van der Waals surface area contributed by atoms with Crippen molar-refractivity contribution in [3.05, 3.63) is 36.4 Å². The Morgan fingerprint density at radius 1 is 1.17 bits per heavy atom. The number of hydrogen-bond acceptors (Lipinski definition) is 11. The summed E-state index contributed by atoms with van der Waals surface area (Å²) in [5, 5.41) is 15.2. The SMILES string of the molecule is CO[C@@H]1[C@H](O)CN(c2nccc(Nc3cc4c(C(C)C)ncc(N5C[C@H](CS(C)(=O)=O)[C@H]5C)c4cn3)n2)CC1(F)F. The summed E-state index contributed by atoms with van der Waals surface area (Å²) in [6.45, 7) is 5.95. The Bertz CT molecular complexity index is 1540. The summed E-state index contributed by atoms with van der Waals surface area (Å²) in [6, 6.07) is 3.52. The van der Waals surface area contributed by atoms with Crippen LogP contribution in [0.1, 0.15) is 32.4 Å². The van der Waals surface area contributed by atoms with Crippen LogP contribution in [0.4, 0.5) is 32.1 Å². The molecule has 3 aromatic heterocycles. The average molecular weight is 592 g/mol. The predicted molar refractivity (Wildman–Crippen MR) is 153 cm³/mol. The molecule has 0 aromatic carbocycles. The third-order valence-electron chi connectivity index (χ3n) is 7.77. The minimum Gasteiger partial charge on any atom is -0.388 e. The minimum absolute atomic E-state index is 0.0386. The number of anilines is 4. The molecule has 11 nitrogen and oxygen atoms in total. The molecule has 0 aliphatic carbocycles. The Labute approximate surface area is 237 Å². The Morgan fingerprint density at radius 3 is 2.56 bits per heavy atom. The summed E-state index contributed by atoms with van der Waals surface area (Å²) in [4.78, 5) is 21.3. The fourth-order valence-corrected chi connectivity index (χ4v) is 6.84. The number of aliphatic hydroxyl groups is 1. The maximum Gasteiger partial charge on any atom is 0.293 e. The van der Waals surface area contributed by atoms with Crippen LogP contribution in [0, 0.1) is 5.92 Å². The van der Waals surface area contributed by atoms with Gasteiger partial charge in [-0.1, -0.05) is 13.8 Å². The van der Waals surface area contributed by atoms with Crippen LogP contribution in [-0.2, 0) is 14.6 Å². The van der Waals surface area contributed by atoms with Crippen LogP contribution in [0.25, 0.3) is 10.8 Å². The van der Waals surface area contributed by atoms with Crippen molar-refractivity contribution >= 4 is 43.9 Å². The molecule has 2 saturated heterocycles. The van der Waals surface area contributed by atoms with Gasteiger partial charge >= 0.3 is 0 Å². The first-order chi connectivity index (χ1) is 19.3. The Hall–Kier alpha value is -3.23. The van der Waals surface area contributed by atoms with Gasteiger partial charge in [0.1, 0.15) is 33.7 Å². The molecule has 0 radical (unpaired) electrons. The van der Waals surface area contributed by atoms with Crippen LogP contribution < -0.4 is 15.1 Å². The van der Waals surface area contributed by atoms with Gasteiger partial charge in [-0.15, -0.1) is 0 Å². The van der Waals surface area contributed by atoms with E-state index in [0.29, 0.717) is 18.2 Å². The number of nitrogens with zero attached hydrogens (tertiary/aromatic N) is 6. The van der Waals surface area contributed by atoms with Crippen LogP contribution in [-0.4, -0.2) is 96.4 Å². The van der Waals surface area contributed by atoms with Crippen LogP contribution in [0.3, 0.4) is 0 Å². The van der Waals surface area contributed by atoms with Crippen molar-refractivity contribution in [2.45, 2.75) is 50.9 Å². The van der Waals surface area contributed by atoms with E-state index in [1.807, 2.05) is 19.2 Å². The van der Waals surface area contributed by atoms with Crippen LogP contribution in [0.2, 0.25) is 0 Å². The summed E-state index contributed by atoms with van der Waals surface area (Å²) in [7, 11) is -1.92. The van der Waals surface area contributed by atoms with Crippen molar-refractivity contribution in [2.24, 2.45) is 5.92 Å². The number of β-amino-alcohol motifs (C(OH)–C–C–N with tert-alkyl or cyclic N) is 1. The number of rotatable bonds is 8. The quantitative estimate of drug-likeness (QED) is 0.401. The predicted octanol–water partition coefficient (Wildman–Crippen LogP) is 2.99. The fraction of sp³-hybridized carbons (Fsp3) is 0.556. The highest BCUT2D eigenvalue weighted by molar-refractivity contribution is 7.90. The van der Waals surface area contributed by atoms with E-state index in [9.17, 15) is 22.3 Å². The van der Waals surface area contributed by atoms with Gasteiger partial charge in [-0.05, 0) is 25.0 Å². The molecule has 2 fully saturated rings. The van der Waals surface area contributed by atoms with Gasteiger partial charge in [-0.3, -0.25) is 4.98 Å².